The second-order valence-electron chi connectivity index (χ2n) is 7.34. The monoisotopic (exact) mass is 520 g/mol. The van der Waals surface area contributed by atoms with E-state index in [1.807, 2.05) is 30.3 Å². The minimum Gasteiger partial charge on any atom is -0.357 e. The Morgan fingerprint density at radius 2 is 1.93 bits per heavy atom. The first-order valence-electron chi connectivity index (χ1n) is 10.3. The van der Waals surface area contributed by atoms with Crippen LogP contribution >= 0.6 is 24.0 Å². The molecule has 0 radical (unpaired) electrons. The van der Waals surface area contributed by atoms with E-state index in [2.05, 4.69) is 34.4 Å². The van der Waals surface area contributed by atoms with Crippen molar-refractivity contribution in [3.63, 3.8) is 0 Å². The first kappa shape index (κ1) is 25.4. The van der Waals surface area contributed by atoms with Gasteiger partial charge in [0.2, 0.25) is 0 Å². The molecule has 1 atom stereocenters. The number of rotatable bonds is 10. The Hall–Kier alpha value is -0.670. The summed E-state index contributed by atoms with van der Waals surface area (Å²) in [6.45, 7) is 10.4. The van der Waals surface area contributed by atoms with E-state index < -0.39 is 10.8 Å². The number of likely N-dealkylation sites (tertiary alicyclic amines) is 1. The minimum absolute atomic E-state index is 0. The number of nitrogens with one attached hydrogen (secondary N) is 2. The highest BCUT2D eigenvalue weighted by Crippen LogP contribution is 2.15. The molecule has 1 unspecified atom stereocenters. The van der Waals surface area contributed by atoms with Crippen LogP contribution in [0.4, 0.5) is 0 Å². The fourth-order valence-corrected chi connectivity index (χ4v) is 4.27. The van der Waals surface area contributed by atoms with Gasteiger partial charge in [0.25, 0.3) is 0 Å². The Morgan fingerprint density at radius 1 is 1.21 bits per heavy atom. The van der Waals surface area contributed by atoms with Gasteiger partial charge in [-0.1, -0.05) is 37.3 Å². The molecule has 2 N–H and O–H groups in total. The standard InChI is InChI=1S/C21H36N4OS.HI/c1-3-22-21(23-12-7-14-25-15-10-19(2)11-16-25)24-13-17-27(26)18-20-8-5-4-6-9-20;/h4-6,8-9,19H,3,7,10-18H2,1-2H3,(H2,22,23,24);1H. The molecule has 1 aliphatic rings. The second kappa shape index (κ2) is 15.2. The molecule has 1 heterocycles. The molecule has 0 aromatic heterocycles. The smallest absolute Gasteiger partial charge is 0.191 e. The summed E-state index contributed by atoms with van der Waals surface area (Å²) < 4.78 is 12.2. The Kier molecular flexibility index (Phi) is 13.8. The Labute approximate surface area is 190 Å². The quantitative estimate of drug-likeness (QED) is 0.215. The van der Waals surface area contributed by atoms with Crippen molar-refractivity contribution in [2.45, 2.75) is 38.9 Å². The summed E-state index contributed by atoms with van der Waals surface area (Å²) in [5.41, 5.74) is 1.13. The van der Waals surface area contributed by atoms with Crippen LogP contribution in [0.3, 0.4) is 0 Å². The summed E-state index contributed by atoms with van der Waals surface area (Å²) in [6, 6.07) is 10.0. The van der Waals surface area contributed by atoms with Crippen molar-refractivity contribution >= 4 is 40.7 Å². The highest BCUT2D eigenvalue weighted by Gasteiger charge is 2.14. The lowest BCUT2D eigenvalue weighted by atomic mass is 9.99. The molecule has 0 amide bonds. The summed E-state index contributed by atoms with van der Waals surface area (Å²) in [7, 11) is -0.857. The first-order chi connectivity index (χ1) is 13.2. The summed E-state index contributed by atoms with van der Waals surface area (Å²) in [5.74, 6) is 2.97. The first-order valence-corrected chi connectivity index (χ1v) is 11.8. The van der Waals surface area contributed by atoms with E-state index in [1.165, 1.54) is 25.9 Å². The molecule has 0 spiro atoms. The number of halogens is 1. The molecule has 2 rings (SSSR count). The van der Waals surface area contributed by atoms with E-state index in [9.17, 15) is 4.21 Å². The van der Waals surface area contributed by atoms with Gasteiger partial charge in [0.15, 0.2) is 5.96 Å². The van der Waals surface area contributed by atoms with Crippen LogP contribution in [0.25, 0.3) is 0 Å². The summed E-state index contributed by atoms with van der Waals surface area (Å²) in [6.07, 6.45) is 3.74. The van der Waals surface area contributed by atoms with Gasteiger partial charge in [0, 0.05) is 41.9 Å². The molecule has 28 heavy (non-hydrogen) atoms. The van der Waals surface area contributed by atoms with Crippen LogP contribution < -0.4 is 10.6 Å². The Balaban J connectivity index is 0.00000392. The summed E-state index contributed by atoms with van der Waals surface area (Å²) in [5, 5.41) is 6.59. The van der Waals surface area contributed by atoms with E-state index in [1.54, 1.807) is 0 Å². The average molecular weight is 521 g/mol. The van der Waals surface area contributed by atoms with Crippen molar-refractivity contribution in [2.75, 3.05) is 45.0 Å². The summed E-state index contributed by atoms with van der Waals surface area (Å²) in [4.78, 5) is 7.22. The van der Waals surface area contributed by atoms with Crippen LogP contribution in [-0.4, -0.2) is 60.1 Å². The zero-order chi connectivity index (χ0) is 19.3. The highest BCUT2D eigenvalue weighted by atomic mass is 127. The molecule has 1 fully saturated rings. The van der Waals surface area contributed by atoms with Gasteiger partial charge in [0.1, 0.15) is 0 Å². The maximum Gasteiger partial charge on any atom is 0.191 e. The normalized spacial score (nSPS) is 17.0. The molecule has 1 aliphatic heterocycles. The van der Waals surface area contributed by atoms with E-state index in [0.29, 0.717) is 18.1 Å². The molecule has 0 aliphatic carbocycles. The van der Waals surface area contributed by atoms with Gasteiger partial charge < -0.3 is 15.5 Å². The number of benzene rings is 1. The van der Waals surface area contributed by atoms with Crippen molar-refractivity contribution in [2.24, 2.45) is 10.9 Å². The molecule has 0 saturated carbocycles. The fourth-order valence-electron chi connectivity index (χ4n) is 3.23. The molecule has 7 heteroatoms. The lowest BCUT2D eigenvalue weighted by Crippen LogP contribution is -2.39. The van der Waals surface area contributed by atoms with Gasteiger partial charge in [-0.3, -0.25) is 9.20 Å². The van der Waals surface area contributed by atoms with Crippen LogP contribution in [0.15, 0.2) is 35.3 Å². The zero-order valence-electron chi connectivity index (χ0n) is 17.4. The Bertz CT molecular complexity index is 577. The molecule has 1 aromatic rings. The number of guanidine groups is 1. The lowest BCUT2D eigenvalue weighted by molar-refractivity contribution is 0.192. The molecular formula is C21H37IN4OS. The van der Waals surface area contributed by atoms with Crippen molar-refractivity contribution in [3.05, 3.63) is 35.9 Å². The third-order valence-electron chi connectivity index (χ3n) is 4.92. The van der Waals surface area contributed by atoms with Crippen molar-refractivity contribution in [3.8, 4) is 0 Å². The van der Waals surface area contributed by atoms with E-state index >= 15 is 0 Å². The van der Waals surface area contributed by atoms with Gasteiger partial charge in [-0.2, -0.15) is 0 Å². The van der Waals surface area contributed by atoms with Crippen molar-refractivity contribution in [1.82, 2.24) is 15.5 Å². The van der Waals surface area contributed by atoms with Crippen LogP contribution in [0.5, 0.6) is 0 Å². The maximum atomic E-state index is 12.2. The van der Waals surface area contributed by atoms with Crippen molar-refractivity contribution < 1.29 is 4.21 Å². The molecule has 1 aromatic carbocycles. The average Bonchev–Trinajstić information content (AvgIpc) is 2.67. The van der Waals surface area contributed by atoms with E-state index in [0.717, 1.165) is 43.5 Å². The maximum absolute atomic E-state index is 12.2. The van der Waals surface area contributed by atoms with Crippen LogP contribution in [0.1, 0.15) is 38.7 Å². The molecule has 160 valence electrons. The number of piperidine rings is 1. The van der Waals surface area contributed by atoms with Crippen LogP contribution in [0.2, 0.25) is 0 Å². The highest BCUT2D eigenvalue weighted by molar-refractivity contribution is 14.0. The second-order valence-corrected chi connectivity index (χ2v) is 8.92. The number of hydrogen-bond donors (Lipinski definition) is 2. The van der Waals surface area contributed by atoms with Gasteiger partial charge in [-0.05, 0) is 57.3 Å². The zero-order valence-corrected chi connectivity index (χ0v) is 20.5. The van der Waals surface area contributed by atoms with Crippen LogP contribution in [0, 0.1) is 5.92 Å². The number of hydrogen-bond acceptors (Lipinski definition) is 3. The SMILES string of the molecule is CCNC(=NCCCN1CCC(C)CC1)NCCS(=O)Cc1ccccc1.I. The molecular weight excluding hydrogens is 483 g/mol. The van der Waals surface area contributed by atoms with Gasteiger partial charge in [0.05, 0.1) is 0 Å². The molecule has 0 bridgehead atoms. The van der Waals surface area contributed by atoms with Gasteiger partial charge >= 0.3 is 0 Å². The predicted molar refractivity (Wildman–Crippen MR) is 132 cm³/mol. The largest absolute Gasteiger partial charge is 0.357 e. The topological polar surface area (TPSA) is 56.7 Å². The van der Waals surface area contributed by atoms with Gasteiger partial charge in [-0.15, -0.1) is 24.0 Å². The van der Waals surface area contributed by atoms with Crippen molar-refractivity contribution in [1.29, 1.82) is 0 Å². The number of nitrogens with zero attached hydrogens (tertiary/aromatic N) is 2. The predicted octanol–water partition coefficient (Wildman–Crippen LogP) is 3.23. The Morgan fingerprint density at radius 3 is 2.61 bits per heavy atom. The molecule has 1 saturated heterocycles. The lowest BCUT2D eigenvalue weighted by Gasteiger charge is -2.29. The third-order valence-corrected chi connectivity index (χ3v) is 6.23. The summed E-state index contributed by atoms with van der Waals surface area (Å²) >= 11 is 0. The van der Waals surface area contributed by atoms with E-state index in [4.69, 9.17) is 0 Å². The van der Waals surface area contributed by atoms with E-state index in [-0.39, 0.29) is 24.0 Å². The molecule has 5 nitrogen and oxygen atoms in total. The number of aliphatic imine (C=N–C) groups is 1. The fraction of sp³-hybridized carbons (Fsp3) is 0.667. The minimum atomic E-state index is -0.857. The third kappa shape index (κ3) is 10.8. The van der Waals surface area contributed by atoms with Gasteiger partial charge in [-0.25, -0.2) is 0 Å². The van der Waals surface area contributed by atoms with Crippen LogP contribution in [-0.2, 0) is 16.6 Å².